The highest BCUT2D eigenvalue weighted by molar-refractivity contribution is 7.89. The minimum Gasteiger partial charge on any atom is -0.397 e. The van der Waals surface area contributed by atoms with Crippen LogP contribution in [0.15, 0.2) is 17.0 Å². The van der Waals surface area contributed by atoms with Gasteiger partial charge in [0.25, 0.3) is 0 Å². The zero-order chi connectivity index (χ0) is 13.9. The molecule has 102 valence electrons. The molecule has 0 saturated heterocycles. The monoisotopic (exact) mass is 292 g/mol. The summed E-state index contributed by atoms with van der Waals surface area (Å²) >= 11 is 5.81. The minimum atomic E-state index is -3.63. The fourth-order valence-electron chi connectivity index (χ4n) is 1.44. The third-order valence-corrected chi connectivity index (χ3v) is 4.37. The molecule has 5 nitrogen and oxygen atoms in total. The van der Waals surface area contributed by atoms with Gasteiger partial charge in [0.05, 0.1) is 21.7 Å². The van der Waals surface area contributed by atoms with Gasteiger partial charge in [-0.3, -0.25) is 0 Å². The van der Waals surface area contributed by atoms with Crippen molar-refractivity contribution in [3.05, 3.63) is 22.7 Å². The van der Waals surface area contributed by atoms with Crippen LogP contribution >= 0.6 is 11.6 Å². The number of anilines is 1. The highest BCUT2D eigenvalue weighted by Gasteiger charge is 2.18. The molecule has 0 spiro atoms. The van der Waals surface area contributed by atoms with E-state index >= 15 is 0 Å². The highest BCUT2D eigenvalue weighted by Crippen LogP contribution is 2.25. The lowest BCUT2D eigenvalue weighted by Gasteiger charge is -2.11. The Bertz CT molecular complexity index is 529. The second kappa shape index (κ2) is 5.88. The molecule has 7 heteroatoms. The SMILES string of the molecule is Cc1cc(Cl)c(N)cc1S(=O)(=O)NCCC(C)O. The van der Waals surface area contributed by atoms with Gasteiger partial charge in [-0.05, 0) is 38.0 Å². The van der Waals surface area contributed by atoms with Crippen molar-refractivity contribution >= 4 is 27.3 Å². The molecule has 18 heavy (non-hydrogen) atoms. The number of benzene rings is 1. The van der Waals surface area contributed by atoms with Crippen molar-refractivity contribution in [1.82, 2.24) is 4.72 Å². The van der Waals surface area contributed by atoms with E-state index in [9.17, 15) is 8.42 Å². The Morgan fingerprint density at radius 2 is 2.11 bits per heavy atom. The van der Waals surface area contributed by atoms with Crippen LogP contribution in [0.4, 0.5) is 5.69 Å². The second-order valence-corrected chi connectivity index (χ2v) is 6.32. The lowest BCUT2D eigenvalue weighted by molar-refractivity contribution is 0.186. The number of aryl methyl sites for hydroxylation is 1. The van der Waals surface area contributed by atoms with Crippen LogP contribution in [0.5, 0.6) is 0 Å². The van der Waals surface area contributed by atoms with Crippen molar-refractivity contribution in [2.75, 3.05) is 12.3 Å². The molecule has 0 aliphatic carbocycles. The number of hydrogen-bond acceptors (Lipinski definition) is 4. The van der Waals surface area contributed by atoms with Crippen LogP contribution in [0, 0.1) is 6.92 Å². The first-order valence-electron chi connectivity index (χ1n) is 5.47. The van der Waals surface area contributed by atoms with Gasteiger partial charge in [-0.25, -0.2) is 13.1 Å². The van der Waals surface area contributed by atoms with Crippen molar-refractivity contribution in [1.29, 1.82) is 0 Å². The van der Waals surface area contributed by atoms with E-state index in [-0.39, 0.29) is 17.1 Å². The number of halogens is 1. The molecule has 0 fully saturated rings. The second-order valence-electron chi connectivity index (χ2n) is 4.17. The van der Waals surface area contributed by atoms with Gasteiger partial charge in [0.15, 0.2) is 0 Å². The third kappa shape index (κ3) is 3.84. The third-order valence-electron chi connectivity index (χ3n) is 2.44. The molecule has 0 radical (unpaired) electrons. The molecule has 1 rings (SSSR count). The van der Waals surface area contributed by atoms with Crippen molar-refractivity contribution in [2.24, 2.45) is 0 Å². The molecule has 0 aliphatic heterocycles. The van der Waals surface area contributed by atoms with Crippen molar-refractivity contribution in [2.45, 2.75) is 31.3 Å². The quantitative estimate of drug-likeness (QED) is 0.713. The van der Waals surface area contributed by atoms with Gasteiger partial charge in [-0.2, -0.15) is 0 Å². The largest absolute Gasteiger partial charge is 0.397 e. The predicted octanol–water partition coefficient (Wildman–Crippen LogP) is 1.28. The molecule has 0 aromatic heterocycles. The van der Waals surface area contributed by atoms with Gasteiger partial charge >= 0.3 is 0 Å². The average molecular weight is 293 g/mol. The van der Waals surface area contributed by atoms with Crippen LogP contribution < -0.4 is 10.5 Å². The molecule has 0 saturated carbocycles. The van der Waals surface area contributed by atoms with Crippen molar-refractivity contribution in [3.63, 3.8) is 0 Å². The Morgan fingerprint density at radius 3 is 2.67 bits per heavy atom. The smallest absolute Gasteiger partial charge is 0.240 e. The van der Waals surface area contributed by atoms with Gasteiger partial charge in [-0.15, -0.1) is 0 Å². The van der Waals surface area contributed by atoms with Crippen LogP contribution in [0.25, 0.3) is 0 Å². The maximum atomic E-state index is 12.0. The van der Waals surface area contributed by atoms with E-state index in [2.05, 4.69) is 4.72 Å². The Morgan fingerprint density at radius 1 is 1.50 bits per heavy atom. The van der Waals surface area contributed by atoms with Crippen molar-refractivity contribution < 1.29 is 13.5 Å². The first kappa shape index (κ1) is 15.2. The fourth-order valence-corrected chi connectivity index (χ4v) is 2.96. The van der Waals surface area contributed by atoms with Crippen LogP contribution in [0.3, 0.4) is 0 Å². The standard InChI is InChI=1S/C11H17ClN2O3S/c1-7-5-9(12)10(13)6-11(7)18(16,17)14-4-3-8(2)15/h5-6,8,14-15H,3-4,13H2,1-2H3. The summed E-state index contributed by atoms with van der Waals surface area (Å²) in [4.78, 5) is 0.106. The molecule has 0 bridgehead atoms. The fraction of sp³-hybridized carbons (Fsp3) is 0.455. The molecule has 1 aromatic carbocycles. The summed E-state index contributed by atoms with van der Waals surface area (Å²) in [7, 11) is -3.63. The summed E-state index contributed by atoms with van der Waals surface area (Å²) in [5.41, 5.74) is 6.35. The molecule has 1 unspecified atom stereocenters. The van der Waals surface area contributed by atoms with Crippen LogP contribution in [0.2, 0.25) is 5.02 Å². The Hall–Kier alpha value is -0.820. The van der Waals surface area contributed by atoms with E-state index in [1.807, 2.05) is 0 Å². The topological polar surface area (TPSA) is 92.4 Å². The lowest BCUT2D eigenvalue weighted by Crippen LogP contribution is -2.27. The Balaban J connectivity index is 2.95. The van der Waals surface area contributed by atoms with Crippen LogP contribution in [-0.4, -0.2) is 26.2 Å². The molecule has 0 amide bonds. The summed E-state index contributed by atoms with van der Waals surface area (Å²) in [5, 5.41) is 9.41. The molecule has 0 heterocycles. The maximum Gasteiger partial charge on any atom is 0.240 e. The minimum absolute atomic E-state index is 0.106. The molecule has 1 atom stereocenters. The summed E-state index contributed by atoms with van der Waals surface area (Å²) in [6.07, 6.45) is -0.203. The van der Waals surface area contributed by atoms with E-state index < -0.39 is 16.1 Å². The summed E-state index contributed by atoms with van der Waals surface area (Å²) in [6.45, 7) is 3.41. The lowest BCUT2D eigenvalue weighted by atomic mass is 10.2. The van der Waals surface area contributed by atoms with Crippen LogP contribution in [0.1, 0.15) is 18.9 Å². The van der Waals surface area contributed by atoms with Gasteiger partial charge in [0, 0.05) is 6.54 Å². The first-order valence-corrected chi connectivity index (χ1v) is 7.33. The zero-order valence-electron chi connectivity index (χ0n) is 10.3. The number of sulfonamides is 1. The van der Waals surface area contributed by atoms with Crippen molar-refractivity contribution in [3.8, 4) is 0 Å². The number of aliphatic hydroxyl groups is 1. The summed E-state index contributed by atoms with van der Waals surface area (Å²) in [5.74, 6) is 0. The van der Waals surface area contributed by atoms with Gasteiger partial charge < -0.3 is 10.8 Å². The first-order chi connectivity index (χ1) is 8.24. The average Bonchev–Trinajstić information content (AvgIpc) is 2.22. The molecular weight excluding hydrogens is 276 g/mol. The molecule has 4 N–H and O–H groups in total. The molecule has 0 aliphatic rings. The van der Waals surface area contributed by atoms with Gasteiger partial charge in [0.1, 0.15) is 0 Å². The van der Waals surface area contributed by atoms with E-state index in [0.717, 1.165) is 0 Å². The summed E-state index contributed by atoms with van der Waals surface area (Å²) < 4.78 is 26.4. The highest BCUT2D eigenvalue weighted by atomic mass is 35.5. The van der Waals surface area contributed by atoms with E-state index in [1.165, 1.54) is 12.1 Å². The van der Waals surface area contributed by atoms with Crippen LogP contribution in [-0.2, 0) is 10.0 Å². The number of nitrogen functional groups attached to an aromatic ring is 1. The molecular formula is C11H17ClN2O3S. The number of nitrogens with two attached hydrogens (primary N) is 1. The van der Waals surface area contributed by atoms with E-state index in [1.54, 1.807) is 13.8 Å². The molecule has 1 aromatic rings. The summed E-state index contributed by atoms with van der Waals surface area (Å²) in [6, 6.07) is 2.85. The number of nitrogens with one attached hydrogen (secondary N) is 1. The Kier molecular flexibility index (Phi) is 4.98. The number of rotatable bonds is 5. The number of hydrogen-bond donors (Lipinski definition) is 3. The maximum absolute atomic E-state index is 12.0. The number of aliphatic hydroxyl groups excluding tert-OH is 1. The zero-order valence-corrected chi connectivity index (χ0v) is 11.8. The van der Waals surface area contributed by atoms with Gasteiger partial charge in [0.2, 0.25) is 10.0 Å². The normalized spacial score (nSPS) is 13.6. The van der Waals surface area contributed by atoms with E-state index in [0.29, 0.717) is 17.0 Å². The van der Waals surface area contributed by atoms with E-state index in [4.69, 9.17) is 22.4 Å². The van der Waals surface area contributed by atoms with Gasteiger partial charge in [-0.1, -0.05) is 11.6 Å². The Labute approximate surface area is 112 Å². The predicted molar refractivity (Wildman–Crippen MR) is 72.1 cm³/mol.